The molecule has 0 bridgehead atoms. The number of sulfonamides is 1. The average molecular weight is 566 g/mol. The maximum atomic E-state index is 13.2. The monoisotopic (exact) mass is 565 g/mol. The van der Waals surface area contributed by atoms with Crippen molar-refractivity contribution in [3.63, 3.8) is 0 Å². The molecule has 1 aromatic heterocycles. The molecule has 4 aromatic rings. The first-order valence-corrected chi connectivity index (χ1v) is 14.7. The third kappa shape index (κ3) is 6.95. The number of nitrogens with zero attached hydrogens (tertiary/aromatic N) is 2. The van der Waals surface area contributed by atoms with E-state index in [4.69, 9.17) is 16.3 Å². The summed E-state index contributed by atoms with van der Waals surface area (Å²) < 4.78 is 36.0. The van der Waals surface area contributed by atoms with Crippen molar-refractivity contribution in [3.8, 4) is 11.1 Å². The lowest BCUT2D eigenvalue weighted by molar-refractivity contribution is 0.0981. The Labute approximate surface area is 234 Å². The Kier molecular flexibility index (Phi) is 9.56. The number of aromatic nitrogens is 2. The van der Waals surface area contributed by atoms with Gasteiger partial charge >= 0.3 is 0 Å². The van der Waals surface area contributed by atoms with Crippen LogP contribution in [-0.4, -0.2) is 37.6 Å². The highest BCUT2D eigenvalue weighted by molar-refractivity contribution is 7.90. The highest BCUT2D eigenvalue weighted by Gasteiger charge is 2.22. The van der Waals surface area contributed by atoms with Crippen LogP contribution < -0.4 is 4.72 Å². The van der Waals surface area contributed by atoms with Crippen LogP contribution in [0.2, 0.25) is 5.15 Å². The Morgan fingerprint density at radius 2 is 1.67 bits per heavy atom. The van der Waals surface area contributed by atoms with E-state index in [1.54, 1.807) is 55.6 Å². The lowest BCUT2D eigenvalue weighted by Crippen LogP contribution is -2.30. The fraction of sp³-hybridized carbons (Fsp3) is 0.267. The smallest absolute Gasteiger partial charge is 0.264 e. The number of imidazole rings is 1. The average Bonchev–Trinajstić information content (AvgIpc) is 3.24. The highest BCUT2D eigenvalue weighted by atomic mass is 35.5. The summed E-state index contributed by atoms with van der Waals surface area (Å²) in [6.07, 6.45) is 3.57. The van der Waals surface area contributed by atoms with Gasteiger partial charge in [-0.15, -0.1) is 0 Å². The summed E-state index contributed by atoms with van der Waals surface area (Å²) in [5, 5.41) is 0.506. The summed E-state index contributed by atoms with van der Waals surface area (Å²) in [4.78, 5) is 17.2. The molecule has 1 heterocycles. The molecule has 3 aromatic carbocycles. The van der Waals surface area contributed by atoms with E-state index in [-0.39, 0.29) is 10.5 Å². The number of amides is 1. The first kappa shape index (κ1) is 28.5. The summed E-state index contributed by atoms with van der Waals surface area (Å²) in [5.41, 5.74) is 3.47. The summed E-state index contributed by atoms with van der Waals surface area (Å²) in [6, 6.07) is 22.6. The van der Waals surface area contributed by atoms with Crippen molar-refractivity contribution in [2.75, 3.05) is 13.7 Å². The van der Waals surface area contributed by atoms with Gasteiger partial charge in [0.1, 0.15) is 5.82 Å². The molecule has 9 heteroatoms. The van der Waals surface area contributed by atoms with Gasteiger partial charge in [0.05, 0.1) is 17.2 Å². The van der Waals surface area contributed by atoms with Gasteiger partial charge in [0.25, 0.3) is 15.9 Å². The van der Waals surface area contributed by atoms with Gasteiger partial charge in [-0.1, -0.05) is 85.6 Å². The minimum Gasteiger partial charge on any atom is -0.384 e. The minimum atomic E-state index is -4.11. The van der Waals surface area contributed by atoms with Crippen molar-refractivity contribution >= 4 is 27.5 Å². The number of nitrogens with one attached hydrogen (secondary N) is 1. The first-order chi connectivity index (χ1) is 18.8. The zero-order valence-corrected chi connectivity index (χ0v) is 23.6. The molecule has 0 aliphatic carbocycles. The van der Waals surface area contributed by atoms with Gasteiger partial charge in [0.2, 0.25) is 0 Å². The molecule has 204 valence electrons. The second-order valence-electron chi connectivity index (χ2n) is 9.19. The van der Waals surface area contributed by atoms with Gasteiger partial charge < -0.3 is 9.30 Å². The van der Waals surface area contributed by atoms with Crippen LogP contribution in [0.4, 0.5) is 0 Å². The van der Waals surface area contributed by atoms with Crippen molar-refractivity contribution in [1.82, 2.24) is 14.3 Å². The van der Waals surface area contributed by atoms with Crippen LogP contribution >= 0.6 is 11.6 Å². The second kappa shape index (κ2) is 13.1. The predicted octanol–water partition coefficient (Wildman–Crippen LogP) is 5.90. The van der Waals surface area contributed by atoms with E-state index in [1.807, 2.05) is 24.3 Å². The van der Waals surface area contributed by atoms with E-state index in [0.29, 0.717) is 30.3 Å². The maximum Gasteiger partial charge on any atom is 0.264 e. The van der Waals surface area contributed by atoms with Crippen LogP contribution in [0.25, 0.3) is 11.1 Å². The lowest BCUT2D eigenvalue weighted by Gasteiger charge is -2.14. The summed E-state index contributed by atoms with van der Waals surface area (Å²) in [5.74, 6) is 0.269. The highest BCUT2D eigenvalue weighted by Crippen LogP contribution is 2.28. The number of ether oxygens (including phenoxy) is 1. The first-order valence-electron chi connectivity index (χ1n) is 12.9. The standard InChI is InChI=1S/C30H32ClN3O4S/c1-3-4-14-28-32-29(31)26(19-20-38-2)34(28)21-22-15-17-23(18-16-22)25-12-8-9-13-27(25)39(36,37)33-30(35)24-10-6-5-7-11-24/h5-13,15-18H,3-4,14,19-21H2,1-2H3,(H,33,35). The van der Waals surface area contributed by atoms with Gasteiger partial charge in [-0.25, -0.2) is 18.1 Å². The number of methoxy groups -OCH3 is 1. The molecule has 7 nitrogen and oxygen atoms in total. The Morgan fingerprint density at radius 1 is 0.974 bits per heavy atom. The third-order valence-electron chi connectivity index (χ3n) is 6.44. The maximum absolute atomic E-state index is 13.2. The molecule has 0 radical (unpaired) electrons. The number of unbranched alkanes of at least 4 members (excludes halogenated alkanes) is 1. The number of hydrogen-bond acceptors (Lipinski definition) is 5. The van der Waals surface area contributed by atoms with Crippen molar-refractivity contribution in [1.29, 1.82) is 0 Å². The fourth-order valence-corrected chi connectivity index (χ4v) is 5.89. The molecule has 0 saturated heterocycles. The van der Waals surface area contributed by atoms with E-state index in [0.717, 1.165) is 41.9 Å². The Hall–Kier alpha value is -3.46. The third-order valence-corrected chi connectivity index (χ3v) is 8.14. The van der Waals surface area contributed by atoms with Crippen LogP contribution in [0.3, 0.4) is 0 Å². The van der Waals surface area contributed by atoms with Crippen molar-refractivity contribution in [2.45, 2.75) is 44.0 Å². The van der Waals surface area contributed by atoms with E-state index in [9.17, 15) is 13.2 Å². The van der Waals surface area contributed by atoms with E-state index in [2.05, 4.69) is 21.2 Å². The summed E-state index contributed by atoms with van der Waals surface area (Å²) >= 11 is 6.50. The van der Waals surface area contributed by atoms with Crippen molar-refractivity contribution < 1.29 is 17.9 Å². The van der Waals surface area contributed by atoms with Gasteiger partial charge in [-0.05, 0) is 35.7 Å². The molecule has 1 amide bonds. The van der Waals surface area contributed by atoms with E-state index in [1.165, 1.54) is 6.07 Å². The predicted molar refractivity (Wildman–Crippen MR) is 154 cm³/mol. The molecular weight excluding hydrogens is 534 g/mol. The van der Waals surface area contributed by atoms with Crippen LogP contribution in [0.1, 0.15) is 47.2 Å². The van der Waals surface area contributed by atoms with Crippen LogP contribution in [0.15, 0.2) is 83.8 Å². The quantitative estimate of drug-likeness (QED) is 0.231. The zero-order valence-electron chi connectivity index (χ0n) is 22.1. The molecule has 0 spiro atoms. The van der Waals surface area contributed by atoms with Gasteiger partial charge in [-0.3, -0.25) is 4.79 Å². The molecule has 0 aliphatic heterocycles. The van der Waals surface area contributed by atoms with Gasteiger partial charge in [0, 0.05) is 37.6 Å². The topological polar surface area (TPSA) is 90.3 Å². The number of carbonyl (C=O) groups is 1. The number of carbonyl (C=O) groups excluding carboxylic acids is 1. The van der Waals surface area contributed by atoms with Crippen molar-refractivity contribution in [2.24, 2.45) is 0 Å². The lowest BCUT2D eigenvalue weighted by atomic mass is 10.0. The molecule has 39 heavy (non-hydrogen) atoms. The Balaban J connectivity index is 1.60. The molecule has 0 saturated carbocycles. The molecule has 0 fully saturated rings. The molecule has 4 rings (SSSR count). The largest absolute Gasteiger partial charge is 0.384 e. The zero-order chi connectivity index (χ0) is 27.8. The fourth-order valence-electron chi connectivity index (χ4n) is 4.39. The Morgan fingerprint density at radius 3 is 2.36 bits per heavy atom. The Bertz CT molecular complexity index is 1520. The molecule has 0 aliphatic rings. The van der Waals surface area contributed by atoms with Crippen LogP contribution in [-0.2, 0) is 34.1 Å². The van der Waals surface area contributed by atoms with E-state index >= 15 is 0 Å². The normalized spacial score (nSPS) is 11.5. The summed E-state index contributed by atoms with van der Waals surface area (Å²) in [6.45, 7) is 3.28. The van der Waals surface area contributed by atoms with Gasteiger partial charge in [0.15, 0.2) is 5.15 Å². The number of benzene rings is 3. The minimum absolute atomic E-state index is 0.0344. The van der Waals surface area contributed by atoms with Crippen molar-refractivity contribution in [3.05, 3.63) is 107 Å². The molecular formula is C30H32ClN3O4S. The number of aryl methyl sites for hydroxylation is 1. The SMILES string of the molecule is CCCCc1nc(Cl)c(CCOC)n1Cc1ccc(-c2ccccc2S(=O)(=O)NC(=O)c2ccccc2)cc1. The van der Waals surface area contributed by atoms with Crippen LogP contribution in [0, 0.1) is 0 Å². The van der Waals surface area contributed by atoms with Gasteiger partial charge in [-0.2, -0.15) is 0 Å². The molecule has 0 atom stereocenters. The summed E-state index contributed by atoms with van der Waals surface area (Å²) in [7, 11) is -2.45. The number of halogens is 1. The molecule has 1 N–H and O–H groups in total. The van der Waals surface area contributed by atoms with E-state index < -0.39 is 15.9 Å². The number of rotatable bonds is 12. The molecule has 0 unspecified atom stereocenters. The second-order valence-corrected chi connectivity index (χ2v) is 11.2. The van der Waals surface area contributed by atoms with Crippen LogP contribution in [0.5, 0.6) is 0 Å². The number of hydrogen-bond donors (Lipinski definition) is 1.